The smallest absolute Gasteiger partial charge is 0.115 e. The lowest BCUT2D eigenvalue weighted by Gasteiger charge is -2.35. The number of hydrogen-bond acceptors (Lipinski definition) is 6. The third kappa shape index (κ3) is 9.68. The normalized spacial score (nSPS) is 14.3. The summed E-state index contributed by atoms with van der Waals surface area (Å²) < 4.78 is 24.8. The summed E-state index contributed by atoms with van der Waals surface area (Å²) in [6, 6.07) is 39.1. The van der Waals surface area contributed by atoms with E-state index in [4.69, 9.17) is 18.9 Å². The molecule has 0 aliphatic rings. The van der Waals surface area contributed by atoms with Crippen LogP contribution in [0.3, 0.4) is 0 Å². The lowest BCUT2D eigenvalue weighted by molar-refractivity contribution is -0.193. The summed E-state index contributed by atoms with van der Waals surface area (Å²) in [4.78, 5) is 0. The Morgan fingerprint density at radius 3 is 1.27 bits per heavy atom. The van der Waals surface area contributed by atoms with Gasteiger partial charge in [0.1, 0.15) is 24.4 Å². The standard InChI is InChI=1S/C34H38O6/c35-21-32(38-23-28-15-7-2-8-16-28)34(40-25-30-19-11-4-12-20-30)33(39-24-29-17-9-3-10-18-29)31(36)26-37-22-27-13-5-1-6-14-27/h1-20,31-36H,21-26H2/t31-,32+,33+,34-/m1/s1. The molecule has 4 aromatic carbocycles. The van der Waals surface area contributed by atoms with Crippen LogP contribution in [0.5, 0.6) is 0 Å². The number of aliphatic hydroxyl groups is 2. The molecule has 0 heterocycles. The van der Waals surface area contributed by atoms with E-state index in [-0.39, 0.29) is 33.0 Å². The Morgan fingerprint density at radius 1 is 0.475 bits per heavy atom. The van der Waals surface area contributed by atoms with Gasteiger partial charge in [-0.15, -0.1) is 0 Å². The van der Waals surface area contributed by atoms with Gasteiger partial charge in [-0.25, -0.2) is 0 Å². The number of rotatable bonds is 17. The van der Waals surface area contributed by atoms with Crippen molar-refractivity contribution in [2.24, 2.45) is 0 Å². The molecule has 0 spiro atoms. The second-order valence-corrected chi connectivity index (χ2v) is 9.61. The van der Waals surface area contributed by atoms with Gasteiger partial charge < -0.3 is 29.2 Å². The Balaban J connectivity index is 1.53. The van der Waals surface area contributed by atoms with Gasteiger partial charge in [-0.2, -0.15) is 0 Å². The molecule has 0 saturated carbocycles. The van der Waals surface area contributed by atoms with Gasteiger partial charge in [-0.1, -0.05) is 121 Å². The average molecular weight is 543 g/mol. The second kappa shape index (κ2) is 16.7. The van der Waals surface area contributed by atoms with Crippen LogP contribution in [-0.2, 0) is 45.4 Å². The number of ether oxygens (including phenoxy) is 4. The third-order valence-corrected chi connectivity index (χ3v) is 6.53. The highest BCUT2D eigenvalue weighted by molar-refractivity contribution is 5.16. The molecule has 0 aliphatic carbocycles. The van der Waals surface area contributed by atoms with Crippen molar-refractivity contribution in [2.45, 2.75) is 50.8 Å². The SMILES string of the molecule is OC[C@H](OCc1ccccc1)[C@@H](OCc1ccccc1)[C@@H](OCc1ccccc1)[C@H](O)COCc1ccccc1. The van der Waals surface area contributed by atoms with E-state index in [0.29, 0.717) is 6.61 Å². The summed E-state index contributed by atoms with van der Waals surface area (Å²) in [5.74, 6) is 0. The molecule has 0 saturated heterocycles. The van der Waals surface area contributed by atoms with E-state index >= 15 is 0 Å². The molecule has 4 rings (SSSR count). The van der Waals surface area contributed by atoms with Crippen LogP contribution in [0.25, 0.3) is 0 Å². The molecule has 210 valence electrons. The fourth-order valence-corrected chi connectivity index (χ4v) is 4.37. The largest absolute Gasteiger partial charge is 0.394 e. The topological polar surface area (TPSA) is 77.4 Å². The quantitative estimate of drug-likeness (QED) is 0.188. The molecule has 0 aromatic heterocycles. The Hall–Kier alpha value is -3.36. The highest BCUT2D eigenvalue weighted by Crippen LogP contribution is 2.21. The van der Waals surface area contributed by atoms with Gasteiger partial charge in [0, 0.05) is 0 Å². The van der Waals surface area contributed by atoms with Crippen LogP contribution in [0.2, 0.25) is 0 Å². The first-order valence-electron chi connectivity index (χ1n) is 13.6. The van der Waals surface area contributed by atoms with E-state index in [1.54, 1.807) is 0 Å². The summed E-state index contributed by atoms with van der Waals surface area (Å²) in [7, 11) is 0. The zero-order valence-corrected chi connectivity index (χ0v) is 22.6. The Kier molecular flexibility index (Phi) is 12.3. The lowest BCUT2D eigenvalue weighted by atomic mass is 10.0. The van der Waals surface area contributed by atoms with Crippen LogP contribution >= 0.6 is 0 Å². The van der Waals surface area contributed by atoms with E-state index in [0.717, 1.165) is 22.3 Å². The second-order valence-electron chi connectivity index (χ2n) is 9.61. The van der Waals surface area contributed by atoms with Crippen molar-refractivity contribution in [3.63, 3.8) is 0 Å². The Bertz CT molecular complexity index is 1190. The van der Waals surface area contributed by atoms with Crippen molar-refractivity contribution in [2.75, 3.05) is 13.2 Å². The predicted octanol–water partition coefficient (Wildman–Crippen LogP) is 5.31. The summed E-state index contributed by atoms with van der Waals surface area (Å²) in [5, 5.41) is 21.8. The van der Waals surface area contributed by atoms with Crippen LogP contribution in [0.1, 0.15) is 22.3 Å². The van der Waals surface area contributed by atoms with Crippen molar-refractivity contribution in [1.82, 2.24) is 0 Å². The molecule has 0 amide bonds. The highest BCUT2D eigenvalue weighted by atomic mass is 16.6. The summed E-state index contributed by atoms with van der Waals surface area (Å²) in [5.41, 5.74) is 3.89. The van der Waals surface area contributed by atoms with Gasteiger partial charge in [-0.3, -0.25) is 0 Å². The maximum atomic E-state index is 11.4. The van der Waals surface area contributed by atoms with Gasteiger partial charge in [0.05, 0.1) is 39.6 Å². The molecule has 0 bridgehead atoms. The molecule has 2 N–H and O–H groups in total. The zero-order valence-electron chi connectivity index (χ0n) is 22.6. The fraction of sp³-hybridized carbons (Fsp3) is 0.294. The van der Waals surface area contributed by atoms with Crippen LogP contribution in [0, 0.1) is 0 Å². The molecule has 0 radical (unpaired) electrons. The molecule has 0 aliphatic heterocycles. The molecule has 0 unspecified atom stereocenters. The van der Waals surface area contributed by atoms with Crippen LogP contribution < -0.4 is 0 Å². The zero-order chi connectivity index (χ0) is 27.8. The summed E-state index contributed by atoms with van der Waals surface area (Å²) >= 11 is 0. The van der Waals surface area contributed by atoms with Gasteiger partial charge >= 0.3 is 0 Å². The van der Waals surface area contributed by atoms with Crippen molar-refractivity contribution in [3.8, 4) is 0 Å². The third-order valence-electron chi connectivity index (χ3n) is 6.53. The first-order valence-corrected chi connectivity index (χ1v) is 13.6. The summed E-state index contributed by atoms with van der Waals surface area (Å²) in [6.45, 7) is 0.865. The highest BCUT2D eigenvalue weighted by Gasteiger charge is 2.37. The van der Waals surface area contributed by atoms with Gasteiger partial charge in [0.25, 0.3) is 0 Å². The average Bonchev–Trinajstić information content (AvgIpc) is 3.01. The minimum absolute atomic E-state index is 0.0242. The van der Waals surface area contributed by atoms with Crippen molar-refractivity contribution < 1.29 is 29.2 Å². The Morgan fingerprint density at radius 2 is 0.850 bits per heavy atom. The van der Waals surface area contributed by atoms with E-state index in [1.165, 1.54) is 0 Å². The van der Waals surface area contributed by atoms with Gasteiger partial charge in [-0.05, 0) is 22.3 Å². The molecule has 4 atom stereocenters. The minimum Gasteiger partial charge on any atom is -0.394 e. The molecule has 6 nitrogen and oxygen atoms in total. The van der Waals surface area contributed by atoms with E-state index in [1.807, 2.05) is 121 Å². The van der Waals surface area contributed by atoms with E-state index in [2.05, 4.69) is 0 Å². The Labute approximate surface area is 236 Å². The van der Waals surface area contributed by atoms with Crippen LogP contribution in [0.4, 0.5) is 0 Å². The molecule has 6 heteroatoms. The fourth-order valence-electron chi connectivity index (χ4n) is 4.37. The number of aliphatic hydroxyl groups excluding tert-OH is 2. The number of benzene rings is 4. The minimum atomic E-state index is -1.04. The van der Waals surface area contributed by atoms with Gasteiger partial charge in [0.2, 0.25) is 0 Å². The van der Waals surface area contributed by atoms with Crippen molar-refractivity contribution in [1.29, 1.82) is 0 Å². The molecular formula is C34H38O6. The van der Waals surface area contributed by atoms with Crippen LogP contribution in [-0.4, -0.2) is 47.8 Å². The molecular weight excluding hydrogens is 504 g/mol. The summed E-state index contributed by atoms with van der Waals surface area (Å²) in [6.07, 6.45) is -3.42. The van der Waals surface area contributed by atoms with Crippen molar-refractivity contribution >= 4 is 0 Å². The predicted molar refractivity (Wildman–Crippen MR) is 154 cm³/mol. The monoisotopic (exact) mass is 542 g/mol. The first-order chi connectivity index (χ1) is 19.7. The molecule has 0 fully saturated rings. The van der Waals surface area contributed by atoms with Crippen LogP contribution in [0.15, 0.2) is 121 Å². The maximum absolute atomic E-state index is 11.4. The lowest BCUT2D eigenvalue weighted by Crippen LogP contribution is -2.51. The van der Waals surface area contributed by atoms with Gasteiger partial charge in [0.15, 0.2) is 0 Å². The van der Waals surface area contributed by atoms with E-state index in [9.17, 15) is 10.2 Å². The maximum Gasteiger partial charge on any atom is 0.115 e. The van der Waals surface area contributed by atoms with Crippen molar-refractivity contribution in [3.05, 3.63) is 144 Å². The first kappa shape index (κ1) is 29.6. The van der Waals surface area contributed by atoms with E-state index < -0.39 is 24.4 Å². The molecule has 40 heavy (non-hydrogen) atoms. The molecule has 4 aromatic rings. The number of hydrogen-bond donors (Lipinski definition) is 2.